The number of Topliss-reactive ketones (excluding diaryl/α,β-unsaturated/α-hetero) is 2. The lowest BCUT2D eigenvalue weighted by atomic mass is 9.44. The van der Waals surface area contributed by atoms with Crippen LogP contribution in [0, 0.1) is 40.4 Å². The van der Waals surface area contributed by atoms with E-state index < -0.39 is 0 Å². The van der Waals surface area contributed by atoms with Gasteiger partial charge in [0.25, 0.3) is 0 Å². The number of hydrogen-bond donors (Lipinski definition) is 1. The third kappa shape index (κ3) is 3.87. The van der Waals surface area contributed by atoms with Crippen molar-refractivity contribution in [1.82, 2.24) is 0 Å². The second-order valence-electron chi connectivity index (χ2n) is 10.8. The molecule has 0 bridgehead atoms. The Kier molecular flexibility index (Phi) is 7.00. The van der Waals surface area contributed by atoms with Crippen LogP contribution in [-0.4, -0.2) is 18.1 Å². The zero-order chi connectivity index (χ0) is 19.9. The Morgan fingerprint density at radius 3 is 2.62 bits per heavy atom. The molecule has 0 aromatic rings. The molecule has 2 N–H and O–H groups in total. The van der Waals surface area contributed by atoms with E-state index in [9.17, 15) is 9.59 Å². The number of rotatable bonds is 5. The van der Waals surface area contributed by atoms with Gasteiger partial charge in [0.2, 0.25) is 0 Å². The monoisotopic (exact) mass is 421 g/mol. The van der Waals surface area contributed by atoms with Crippen molar-refractivity contribution in [2.75, 3.05) is 6.54 Å². The summed E-state index contributed by atoms with van der Waals surface area (Å²) in [6.45, 7) is 5.40. The minimum Gasteiger partial charge on any atom is -0.330 e. The first-order valence-corrected chi connectivity index (χ1v) is 11.8. The van der Waals surface area contributed by atoms with Crippen LogP contribution in [0.1, 0.15) is 84.5 Å². The molecule has 164 valence electrons. The Balaban J connectivity index is 0.00000240. The fourth-order valence-corrected chi connectivity index (χ4v) is 7.71. The zero-order valence-electron chi connectivity index (χ0n) is 18.3. The Labute approximate surface area is 183 Å². The van der Waals surface area contributed by atoms with Gasteiger partial charge in [-0.1, -0.05) is 26.0 Å². The van der Waals surface area contributed by atoms with Gasteiger partial charge in [0.1, 0.15) is 11.6 Å². The van der Waals surface area contributed by atoms with Crippen molar-refractivity contribution in [1.29, 1.82) is 0 Å². The number of halogens is 1. The van der Waals surface area contributed by atoms with Crippen LogP contribution in [0.3, 0.4) is 0 Å². The molecule has 4 aliphatic rings. The van der Waals surface area contributed by atoms with Crippen LogP contribution in [0.25, 0.3) is 0 Å². The predicted octanol–water partition coefficient (Wildman–Crippen LogP) is 5.50. The van der Waals surface area contributed by atoms with Gasteiger partial charge in [-0.2, -0.15) is 0 Å². The minimum atomic E-state index is -0.131. The van der Waals surface area contributed by atoms with E-state index in [1.165, 1.54) is 19.3 Å². The molecule has 0 saturated heterocycles. The van der Waals surface area contributed by atoms with Gasteiger partial charge in [-0.3, -0.25) is 9.59 Å². The highest BCUT2D eigenvalue weighted by molar-refractivity contribution is 5.88. The molecule has 4 rings (SSSR count). The second-order valence-corrected chi connectivity index (χ2v) is 10.8. The highest BCUT2D eigenvalue weighted by atomic mass is 35.5. The fraction of sp³-hybridized carbons (Fsp3) is 0.840. The van der Waals surface area contributed by atoms with Crippen LogP contribution < -0.4 is 5.73 Å². The summed E-state index contributed by atoms with van der Waals surface area (Å²) < 4.78 is 0. The maximum atomic E-state index is 13.3. The SMILES string of the molecule is C[C@]12CC[C@@H](C=CCCCCN)CC1C(=O)C[C@@H]1[C@@H]2CC[C@]2(C)C(=O)CC[C@@H]12.Cl. The van der Waals surface area contributed by atoms with Crippen molar-refractivity contribution in [3.8, 4) is 0 Å². The van der Waals surface area contributed by atoms with Crippen LogP contribution in [0.2, 0.25) is 0 Å². The molecule has 0 spiro atoms. The number of allylic oxidation sites excluding steroid dienone is 2. The first-order chi connectivity index (χ1) is 13.4. The normalized spacial score (nSPS) is 44.2. The van der Waals surface area contributed by atoms with Crippen molar-refractivity contribution >= 4 is 24.0 Å². The summed E-state index contributed by atoms with van der Waals surface area (Å²) in [6, 6.07) is 0. The summed E-state index contributed by atoms with van der Waals surface area (Å²) >= 11 is 0. The van der Waals surface area contributed by atoms with E-state index in [1.807, 2.05) is 0 Å². The molecular weight excluding hydrogens is 382 g/mol. The molecule has 4 fully saturated rings. The van der Waals surface area contributed by atoms with Crippen LogP contribution in [0.5, 0.6) is 0 Å². The third-order valence-electron chi connectivity index (χ3n) is 9.44. The lowest BCUT2D eigenvalue weighted by Gasteiger charge is -2.59. The number of ketones is 2. The van der Waals surface area contributed by atoms with E-state index in [0.29, 0.717) is 35.2 Å². The fourth-order valence-electron chi connectivity index (χ4n) is 7.71. The molecule has 7 atom stereocenters. The third-order valence-corrected chi connectivity index (χ3v) is 9.44. The molecule has 0 heterocycles. The van der Waals surface area contributed by atoms with E-state index in [1.54, 1.807) is 0 Å². The van der Waals surface area contributed by atoms with Crippen LogP contribution in [0.4, 0.5) is 0 Å². The molecule has 4 heteroatoms. The van der Waals surface area contributed by atoms with Gasteiger partial charge in [0.15, 0.2) is 0 Å². The molecule has 29 heavy (non-hydrogen) atoms. The molecule has 3 nitrogen and oxygen atoms in total. The average molecular weight is 422 g/mol. The van der Waals surface area contributed by atoms with Crippen molar-refractivity contribution in [3.05, 3.63) is 12.2 Å². The summed E-state index contributed by atoms with van der Waals surface area (Å²) in [6.07, 6.45) is 16.3. The minimum absolute atomic E-state index is 0. The van der Waals surface area contributed by atoms with Crippen LogP contribution in [0.15, 0.2) is 12.2 Å². The molecule has 4 aliphatic carbocycles. The molecule has 0 aromatic heterocycles. The number of nitrogens with two attached hydrogens (primary N) is 1. The van der Waals surface area contributed by atoms with Gasteiger partial charge in [-0.25, -0.2) is 0 Å². The summed E-state index contributed by atoms with van der Waals surface area (Å²) in [4.78, 5) is 25.9. The Morgan fingerprint density at radius 2 is 1.86 bits per heavy atom. The molecule has 0 aromatic carbocycles. The van der Waals surface area contributed by atoms with Crippen molar-refractivity contribution < 1.29 is 9.59 Å². The smallest absolute Gasteiger partial charge is 0.139 e. The number of fused-ring (bicyclic) bond motifs is 5. The van der Waals surface area contributed by atoms with Crippen molar-refractivity contribution in [2.45, 2.75) is 84.5 Å². The number of carbonyl (C=O) groups is 2. The summed E-state index contributed by atoms with van der Waals surface area (Å²) in [5.74, 6) is 3.35. The van der Waals surface area contributed by atoms with Gasteiger partial charge < -0.3 is 5.73 Å². The van der Waals surface area contributed by atoms with Gasteiger partial charge in [-0.15, -0.1) is 12.4 Å². The topological polar surface area (TPSA) is 60.2 Å². The van der Waals surface area contributed by atoms with Gasteiger partial charge in [0.05, 0.1) is 0 Å². The molecule has 4 saturated carbocycles. The van der Waals surface area contributed by atoms with Crippen molar-refractivity contribution in [3.63, 3.8) is 0 Å². The van der Waals surface area contributed by atoms with Gasteiger partial charge >= 0.3 is 0 Å². The zero-order valence-corrected chi connectivity index (χ0v) is 19.1. The highest BCUT2D eigenvalue weighted by Gasteiger charge is 2.62. The van der Waals surface area contributed by atoms with E-state index in [-0.39, 0.29) is 29.2 Å². The van der Waals surface area contributed by atoms with Gasteiger partial charge in [0, 0.05) is 24.2 Å². The second kappa shape index (κ2) is 8.83. The maximum absolute atomic E-state index is 13.3. The van der Waals surface area contributed by atoms with Crippen LogP contribution in [-0.2, 0) is 9.59 Å². The standard InChI is InChI=1S/C25H39NO2.ClH/c1-24-12-10-17(7-5-3-4-6-14-26)15-21(24)22(27)16-18-19-8-9-23(28)25(19,2)13-11-20(18)24;/h5,7,17-21H,3-4,6,8-16,26H2,1-2H3;1H/t17-,18+,19+,20+,21?,24-,25+;/m1./s1. The predicted molar refractivity (Wildman–Crippen MR) is 120 cm³/mol. The Hall–Kier alpha value is -0.670. The Morgan fingerprint density at radius 1 is 1.07 bits per heavy atom. The molecule has 1 unspecified atom stereocenters. The van der Waals surface area contributed by atoms with Gasteiger partial charge in [-0.05, 0) is 93.4 Å². The quantitative estimate of drug-likeness (QED) is 0.470. The van der Waals surface area contributed by atoms with E-state index in [0.717, 1.165) is 57.9 Å². The van der Waals surface area contributed by atoms with E-state index in [4.69, 9.17) is 5.73 Å². The largest absolute Gasteiger partial charge is 0.330 e. The lowest BCUT2D eigenvalue weighted by molar-refractivity contribution is -0.157. The van der Waals surface area contributed by atoms with Crippen LogP contribution >= 0.6 is 12.4 Å². The number of hydrogen-bond acceptors (Lipinski definition) is 3. The maximum Gasteiger partial charge on any atom is 0.139 e. The molecule has 0 radical (unpaired) electrons. The first-order valence-electron chi connectivity index (χ1n) is 11.8. The molecule has 0 aliphatic heterocycles. The highest BCUT2D eigenvalue weighted by Crippen LogP contribution is 2.65. The van der Waals surface area contributed by atoms with E-state index >= 15 is 0 Å². The lowest BCUT2D eigenvalue weighted by Crippen LogP contribution is -2.56. The average Bonchev–Trinajstić information content (AvgIpc) is 2.98. The molecule has 0 amide bonds. The summed E-state index contributed by atoms with van der Waals surface area (Å²) in [5.41, 5.74) is 5.61. The van der Waals surface area contributed by atoms with Crippen molar-refractivity contribution in [2.24, 2.45) is 46.2 Å². The number of unbranched alkanes of at least 4 members (excludes halogenated alkanes) is 2. The molecular formula is C25H40ClNO2. The summed E-state index contributed by atoms with van der Waals surface area (Å²) in [5, 5.41) is 0. The van der Waals surface area contributed by atoms with E-state index in [2.05, 4.69) is 26.0 Å². The summed E-state index contributed by atoms with van der Waals surface area (Å²) in [7, 11) is 0. The Bertz CT molecular complexity index is 661. The number of carbonyl (C=O) groups excluding carboxylic acids is 2. The first kappa shape index (κ1) is 23.0.